The average molecular weight is 543 g/mol. The van der Waals surface area contributed by atoms with Crippen molar-refractivity contribution in [3.05, 3.63) is 93.5 Å². The first-order chi connectivity index (χ1) is 17.8. The number of ether oxygens (including phenoxy) is 1. The fourth-order valence-corrected chi connectivity index (χ4v) is 3.16. The molecule has 0 saturated heterocycles. The number of carboxylic acid groups (broad SMARTS) is 1. The van der Waals surface area contributed by atoms with Crippen LogP contribution in [0.5, 0.6) is 0 Å². The number of carbonyl (C=O) groups excluding carboxylic acids is 1. The summed E-state index contributed by atoms with van der Waals surface area (Å²) in [5.41, 5.74) is 11.1. The van der Waals surface area contributed by atoms with Gasteiger partial charge in [0.15, 0.2) is 6.10 Å². The minimum atomic E-state index is -0.994. The Labute approximate surface area is 234 Å². The van der Waals surface area contributed by atoms with Crippen LogP contribution in [0.25, 0.3) is 0 Å². The van der Waals surface area contributed by atoms with Crippen molar-refractivity contribution in [1.29, 1.82) is 0 Å². The number of allylic oxidation sites excluding steroid dienone is 2. The highest BCUT2D eigenvalue weighted by molar-refractivity contribution is 7.84. The first-order valence-corrected chi connectivity index (χ1v) is 13.3. The van der Waals surface area contributed by atoms with E-state index in [1.54, 1.807) is 20.8 Å². The molecule has 0 heterocycles. The number of aryl methyl sites for hydroxylation is 3. The zero-order valence-electron chi connectivity index (χ0n) is 24.0. The molecule has 0 aliphatic rings. The van der Waals surface area contributed by atoms with Crippen LogP contribution in [-0.2, 0) is 27.3 Å². The van der Waals surface area contributed by atoms with Crippen molar-refractivity contribution >= 4 is 24.5 Å². The van der Waals surface area contributed by atoms with Crippen LogP contribution in [-0.4, -0.2) is 29.2 Å². The molecular formula is C31H46N2O4S. The van der Waals surface area contributed by atoms with Crippen molar-refractivity contribution in [2.24, 2.45) is 5.73 Å². The highest BCUT2D eigenvalue weighted by Crippen LogP contribution is 2.15. The molecule has 0 aromatic heterocycles. The lowest BCUT2D eigenvalue weighted by atomic mass is 10.0. The maximum Gasteiger partial charge on any atom is 0.333 e. The number of thiol groups is 1. The van der Waals surface area contributed by atoms with Gasteiger partial charge in [0.25, 0.3) is 5.91 Å². The molecule has 210 valence electrons. The molecule has 0 aliphatic carbocycles. The maximum atomic E-state index is 11.9. The number of hydrogen-bond donors (Lipinski definition) is 4. The Hall–Kier alpha value is -3.03. The predicted octanol–water partition coefficient (Wildman–Crippen LogP) is 6.43. The van der Waals surface area contributed by atoms with Gasteiger partial charge in [0.1, 0.15) is 5.70 Å². The number of nitrogens with two attached hydrogens (primary N) is 1. The number of aliphatic carboxylic acids is 1. The first-order valence-electron chi connectivity index (χ1n) is 12.9. The van der Waals surface area contributed by atoms with E-state index in [4.69, 9.17) is 10.5 Å². The van der Waals surface area contributed by atoms with Crippen LogP contribution < -0.4 is 11.1 Å². The summed E-state index contributed by atoms with van der Waals surface area (Å²) in [5, 5.41) is 12.0. The fraction of sp³-hybridized carbons (Fsp3) is 0.419. The molecule has 0 spiro atoms. The fourth-order valence-electron chi connectivity index (χ4n) is 3.05. The van der Waals surface area contributed by atoms with Crippen LogP contribution in [0.3, 0.4) is 0 Å². The normalized spacial score (nSPS) is 11.7. The van der Waals surface area contributed by atoms with E-state index in [0.717, 1.165) is 23.1 Å². The summed E-state index contributed by atoms with van der Waals surface area (Å²) >= 11 is 4.06. The number of carbonyl (C=O) groups is 2. The number of amides is 1. The second-order valence-corrected chi connectivity index (χ2v) is 10.1. The van der Waals surface area contributed by atoms with E-state index in [1.165, 1.54) is 17.5 Å². The second-order valence-electron chi connectivity index (χ2n) is 9.39. The highest BCUT2D eigenvalue weighted by Gasteiger charge is 2.20. The van der Waals surface area contributed by atoms with Gasteiger partial charge in [-0.1, -0.05) is 73.0 Å². The summed E-state index contributed by atoms with van der Waals surface area (Å²) in [6.45, 7) is 17.3. The molecular weight excluding hydrogens is 496 g/mol. The lowest BCUT2D eigenvalue weighted by Gasteiger charge is -2.17. The van der Waals surface area contributed by atoms with Gasteiger partial charge in [-0.25, -0.2) is 4.79 Å². The smallest absolute Gasteiger partial charge is 0.333 e. The van der Waals surface area contributed by atoms with Crippen molar-refractivity contribution < 1.29 is 19.4 Å². The van der Waals surface area contributed by atoms with E-state index in [2.05, 4.69) is 69.6 Å². The quantitative estimate of drug-likeness (QED) is 0.157. The minimum Gasteiger partial charge on any atom is -0.479 e. The lowest BCUT2D eigenvalue weighted by Crippen LogP contribution is -2.30. The SMILES string of the molecule is C/C(S)=C(/N)C(=O)NCc1cc(CC(OC(C)C)C(=O)O)ccc1C.C=CCCC.Cc1ccc(C)cc1. The van der Waals surface area contributed by atoms with Crippen LogP contribution in [0.2, 0.25) is 0 Å². The van der Waals surface area contributed by atoms with E-state index < -0.39 is 12.1 Å². The third-order valence-electron chi connectivity index (χ3n) is 5.33. The van der Waals surface area contributed by atoms with Crippen molar-refractivity contribution in [2.45, 2.75) is 86.5 Å². The molecule has 2 rings (SSSR count). The Morgan fingerprint density at radius 2 is 1.66 bits per heavy atom. The summed E-state index contributed by atoms with van der Waals surface area (Å²) in [5.74, 6) is -1.38. The molecule has 1 atom stereocenters. The van der Waals surface area contributed by atoms with Crippen molar-refractivity contribution in [3.63, 3.8) is 0 Å². The Balaban J connectivity index is 0.000000855. The van der Waals surface area contributed by atoms with Gasteiger partial charge in [0.05, 0.1) is 6.10 Å². The Kier molecular flexibility index (Phi) is 17.6. The van der Waals surface area contributed by atoms with Gasteiger partial charge in [-0.05, 0) is 64.7 Å². The predicted molar refractivity (Wildman–Crippen MR) is 161 cm³/mol. The van der Waals surface area contributed by atoms with Gasteiger partial charge in [0, 0.05) is 17.9 Å². The van der Waals surface area contributed by atoms with Crippen molar-refractivity contribution in [1.82, 2.24) is 5.32 Å². The summed E-state index contributed by atoms with van der Waals surface area (Å²) in [6, 6.07) is 14.1. The third kappa shape index (κ3) is 15.3. The monoisotopic (exact) mass is 542 g/mol. The molecule has 0 saturated carbocycles. The number of benzene rings is 2. The van der Waals surface area contributed by atoms with Crippen LogP contribution in [0.15, 0.2) is 65.7 Å². The molecule has 0 radical (unpaired) electrons. The summed E-state index contributed by atoms with van der Waals surface area (Å²) in [4.78, 5) is 23.7. The van der Waals surface area contributed by atoms with Crippen LogP contribution in [0, 0.1) is 20.8 Å². The highest BCUT2D eigenvalue weighted by atomic mass is 32.1. The largest absolute Gasteiger partial charge is 0.479 e. The zero-order chi connectivity index (χ0) is 29.3. The topological polar surface area (TPSA) is 102 Å². The van der Waals surface area contributed by atoms with Gasteiger partial charge < -0.3 is 20.9 Å². The first kappa shape index (κ1) is 35.0. The Bertz CT molecular complexity index is 1020. The molecule has 0 aliphatic heterocycles. The third-order valence-corrected chi connectivity index (χ3v) is 5.57. The molecule has 1 amide bonds. The van der Waals surface area contributed by atoms with E-state index in [0.29, 0.717) is 11.4 Å². The van der Waals surface area contributed by atoms with Gasteiger partial charge in [-0.15, -0.1) is 19.2 Å². The van der Waals surface area contributed by atoms with E-state index >= 15 is 0 Å². The number of nitrogens with one attached hydrogen (secondary N) is 1. The van der Waals surface area contributed by atoms with E-state index in [-0.39, 0.29) is 24.1 Å². The Morgan fingerprint density at radius 1 is 1.11 bits per heavy atom. The zero-order valence-corrected chi connectivity index (χ0v) is 24.9. The summed E-state index contributed by atoms with van der Waals surface area (Å²) in [7, 11) is 0. The molecule has 4 N–H and O–H groups in total. The van der Waals surface area contributed by atoms with Gasteiger partial charge in [0.2, 0.25) is 0 Å². The Morgan fingerprint density at radius 3 is 2.05 bits per heavy atom. The maximum absolute atomic E-state index is 11.9. The molecule has 2 aromatic carbocycles. The summed E-state index contributed by atoms with van der Waals surface area (Å²) in [6.07, 6.45) is 3.48. The standard InChI is InChI=1S/C18H26N2O4S.C8H10.C5H10/c1-10(2)24-15(18(22)23)8-13-6-5-11(3)14(7-13)9-20-17(21)16(19)12(4)25;1-7-3-5-8(2)6-4-7;1-3-5-4-2/h5-7,10,15,25H,8-9,19H2,1-4H3,(H,20,21)(H,22,23);3-6H,1-2H3;3H,1,4-5H2,2H3/b16-12-;;. The number of hydrogen-bond acceptors (Lipinski definition) is 5. The van der Waals surface area contributed by atoms with Crippen LogP contribution in [0.1, 0.15) is 68.4 Å². The molecule has 1 unspecified atom stereocenters. The lowest BCUT2D eigenvalue weighted by molar-refractivity contribution is -0.153. The molecule has 7 heteroatoms. The molecule has 2 aromatic rings. The molecule has 0 bridgehead atoms. The minimum absolute atomic E-state index is 0.0772. The second kappa shape index (κ2) is 19.1. The molecule has 6 nitrogen and oxygen atoms in total. The number of unbranched alkanes of at least 4 members (excludes halogenated alkanes) is 1. The van der Waals surface area contributed by atoms with Crippen LogP contribution >= 0.6 is 12.6 Å². The van der Waals surface area contributed by atoms with E-state index in [9.17, 15) is 14.7 Å². The molecule has 0 fully saturated rings. The number of carboxylic acids is 1. The van der Waals surface area contributed by atoms with Gasteiger partial charge in [-0.3, -0.25) is 4.79 Å². The summed E-state index contributed by atoms with van der Waals surface area (Å²) < 4.78 is 5.44. The molecule has 38 heavy (non-hydrogen) atoms. The number of rotatable bonds is 10. The van der Waals surface area contributed by atoms with Gasteiger partial charge in [-0.2, -0.15) is 0 Å². The van der Waals surface area contributed by atoms with Crippen molar-refractivity contribution in [3.8, 4) is 0 Å². The van der Waals surface area contributed by atoms with E-state index in [1.807, 2.05) is 31.2 Å². The van der Waals surface area contributed by atoms with Crippen molar-refractivity contribution in [2.75, 3.05) is 0 Å². The average Bonchev–Trinajstić information content (AvgIpc) is 2.85. The van der Waals surface area contributed by atoms with Gasteiger partial charge >= 0.3 is 5.97 Å². The van der Waals surface area contributed by atoms with Crippen LogP contribution in [0.4, 0.5) is 0 Å².